The van der Waals surface area contributed by atoms with E-state index in [0.29, 0.717) is 19.6 Å². The van der Waals surface area contributed by atoms with Crippen molar-refractivity contribution in [3.63, 3.8) is 0 Å². The Morgan fingerprint density at radius 2 is 1.70 bits per heavy atom. The fourth-order valence-corrected chi connectivity index (χ4v) is 5.35. The van der Waals surface area contributed by atoms with Crippen LogP contribution in [-0.4, -0.2) is 78.6 Å². The summed E-state index contributed by atoms with van der Waals surface area (Å²) in [4.78, 5) is 16.1. The molecule has 2 rings (SSSR count). The van der Waals surface area contributed by atoms with Gasteiger partial charge in [0.1, 0.15) is 0 Å². The van der Waals surface area contributed by atoms with Crippen LogP contribution in [0.1, 0.15) is 46.0 Å². The van der Waals surface area contributed by atoms with Gasteiger partial charge in [0, 0.05) is 39.1 Å². The van der Waals surface area contributed by atoms with Gasteiger partial charge in [-0.15, -0.1) is 0 Å². The van der Waals surface area contributed by atoms with E-state index in [-0.39, 0.29) is 23.3 Å². The first-order chi connectivity index (χ1) is 10.7. The summed E-state index contributed by atoms with van der Waals surface area (Å²) in [6, 6.07) is 0. The molecular weight excluding hydrogens is 316 g/mol. The van der Waals surface area contributed by atoms with Crippen LogP contribution in [0.2, 0.25) is 0 Å². The van der Waals surface area contributed by atoms with Gasteiger partial charge in [-0.3, -0.25) is 9.69 Å². The molecule has 0 atom stereocenters. The molecule has 2 fully saturated rings. The maximum absolute atomic E-state index is 12.2. The van der Waals surface area contributed by atoms with E-state index < -0.39 is 15.4 Å². The van der Waals surface area contributed by atoms with Crippen molar-refractivity contribution in [3.05, 3.63) is 0 Å². The predicted octanol–water partition coefficient (Wildman–Crippen LogP) is 0.649. The molecule has 0 aromatic heterocycles. The van der Waals surface area contributed by atoms with Crippen LogP contribution >= 0.6 is 0 Å². The number of sulfone groups is 1. The first-order valence-electron chi connectivity index (χ1n) is 8.61. The van der Waals surface area contributed by atoms with Gasteiger partial charge in [0.05, 0.1) is 16.6 Å². The number of amides is 1. The van der Waals surface area contributed by atoms with Gasteiger partial charge in [-0.05, 0) is 26.7 Å². The summed E-state index contributed by atoms with van der Waals surface area (Å²) >= 11 is 0. The number of carbonyl (C=O) groups excluding carboxylic acids is 1. The van der Waals surface area contributed by atoms with Crippen LogP contribution in [0.5, 0.6) is 0 Å². The highest BCUT2D eigenvalue weighted by molar-refractivity contribution is 7.92. The van der Waals surface area contributed by atoms with E-state index in [2.05, 4.69) is 4.90 Å². The SMILES string of the molecule is CC(C)(O)CN1CCN(C(=O)CCS(=O)(=O)C2CCCC2)CC1. The van der Waals surface area contributed by atoms with E-state index >= 15 is 0 Å². The lowest BCUT2D eigenvalue weighted by atomic mass is 10.1. The van der Waals surface area contributed by atoms with E-state index in [1.807, 2.05) is 0 Å². The zero-order chi connectivity index (χ0) is 17.1. The average molecular weight is 346 g/mol. The summed E-state index contributed by atoms with van der Waals surface area (Å²) in [5, 5.41) is 9.61. The Bertz CT molecular complexity index is 499. The lowest BCUT2D eigenvalue weighted by molar-refractivity contribution is -0.132. The molecule has 0 spiro atoms. The number of hydrogen-bond acceptors (Lipinski definition) is 5. The standard InChI is InChI=1S/C16H30N2O4S/c1-16(2,20)13-17-8-10-18(11-9-17)15(19)7-12-23(21,22)14-5-3-4-6-14/h14,20H,3-13H2,1-2H3. The van der Waals surface area contributed by atoms with Crippen molar-refractivity contribution in [2.24, 2.45) is 0 Å². The number of β-amino-alcohol motifs (C(OH)–C–C–N with tert-alkyl or cyclic N) is 1. The lowest BCUT2D eigenvalue weighted by Crippen LogP contribution is -2.52. The van der Waals surface area contributed by atoms with Crippen LogP contribution in [0.3, 0.4) is 0 Å². The molecule has 6 nitrogen and oxygen atoms in total. The third-order valence-electron chi connectivity index (χ3n) is 4.75. The second-order valence-electron chi connectivity index (χ2n) is 7.49. The summed E-state index contributed by atoms with van der Waals surface area (Å²) in [7, 11) is -3.12. The average Bonchev–Trinajstić information content (AvgIpc) is 2.99. The summed E-state index contributed by atoms with van der Waals surface area (Å²) in [6.07, 6.45) is 3.59. The van der Waals surface area contributed by atoms with Gasteiger partial charge in [0.15, 0.2) is 9.84 Å². The van der Waals surface area contributed by atoms with Crippen molar-refractivity contribution in [3.8, 4) is 0 Å². The molecule has 0 aromatic rings. The summed E-state index contributed by atoms with van der Waals surface area (Å²) in [5.41, 5.74) is -0.735. The molecule has 0 unspecified atom stereocenters. The molecule has 1 amide bonds. The molecule has 134 valence electrons. The van der Waals surface area contributed by atoms with Crippen LogP contribution in [0, 0.1) is 0 Å². The van der Waals surface area contributed by atoms with Gasteiger partial charge in [-0.1, -0.05) is 12.8 Å². The Labute approximate surface area is 139 Å². The zero-order valence-corrected chi connectivity index (χ0v) is 15.1. The molecule has 1 N–H and O–H groups in total. The first kappa shape index (κ1) is 18.7. The minimum Gasteiger partial charge on any atom is -0.389 e. The molecule has 1 saturated heterocycles. The van der Waals surface area contributed by atoms with Crippen molar-refractivity contribution in [2.75, 3.05) is 38.5 Å². The lowest BCUT2D eigenvalue weighted by Gasteiger charge is -2.37. The largest absolute Gasteiger partial charge is 0.389 e. The number of nitrogens with zero attached hydrogens (tertiary/aromatic N) is 2. The Morgan fingerprint density at radius 1 is 1.13 bits per heavy atom. The fourth-order valence-electron chi connectivity index (χ4n) is 3.50. The maximum atomic E-state index is 12.2. The van der Waals surface area contributed by atoms with Crippen LogP contribution in [0.25, 0.3) is 0 Å². The van der Waals surface area contributed by atoms with Crippen LogP contribution in [-0.2, 0) is 14.6 Å². The number of aliphatic hydroxyl groups is 1. The minimum atomic E-state index is -3.12. The highest BCUT2D eigenvalue weighted by atomic mass is 32.2. The number of carbonyl (C=O) groups is 1. The van der Waals surface area contributed by atoms with E-state index in [1.165, 1.54) is 0 Å². The Kier molecular flexibility index (Phi) is 6.08. The summed E-state index contributed by atoms with van der Waals surface area (Å²) in [6.45, 7) is 6.81. The Morgan fingerprint density at radius 3 is 2.22 bits per heavy atom. The smallest absolute Gasteiger partial charge is 0.223 e. The van der Waals surface area contributed by atoms with Crippen LogP contribution < -0.4 is 0 Å². The van der Waals surface area contributed by atoms with E-state index in [9.17, 15) is 18.3 Å². The zero-order valence-electron chi connectivity index (χ0n) is 14.3. The van der Waals surface area contributed by atoms with Crippen molar-refractivity contribution in [1.29, 1.82) is 0 Å². The monoisotopic (exact) mass is 346 g/mol. The molecule has 23 heavy (non-hydrogen) atoms. The van der Waals surface area contributed by atoms with E-state index in [0.717, 1.165) is 38.8 Å². The number of rotatable bonds is 6. The molecule has 1 aliphatic heterocycles. The Hall–Kier alpha value is -0.660. The molecule has 1 saturated carbocycles. The Balaban J connectivity index is 1.75. The second kappa shape index (κ2) is 7.49. The molecule has 1 heterocycles. The second-order valence-corrected chi connectivity index (χ2v) is 9.89. The third-order valence-corrected chi connectivity index (χ3v) is 7.01. The molecule has 0 radical (unpaired) electrons. The molecule has 7 heteroatoms. The van der Waals surface area contributed by atoms with Crippen molar-refractivity contribution >= 4 is 15.7 Å². The highest BCUT2D eigenvalue weighted by Gasteiger charge is 2.30. The third kappa shape index (κ3) is 5.72. The minimum absolute atomic E-state index is 0.0135. The predicted molar refractivity (Wildman–Crippen MR) is 90.0 cm³/mol. The molecule has 0 bridgehead atoms. The maximum Gasteiger partial charge on any atom is 0.223 e. The number of hydrogen-bond donors (Lipinski definition) is 1. The van der Waals surface area contributed by atoms with E-state index in [4.69, 9.17) is 0 Å². The van der Waals surface area contributed by atoms with E-state index in [1.54, 1.807) is 18.7 Å². The normalized spacial score (nSPS) is 21.8. The molecule has 1 aliphatic carbocycles. The number of piperazine rings is 1. The van der Waals surface area contributed by atoms with Gasteiger partial charge in [0.25, 0.3) is 0 Å². The van der Waals surface area contributed by atoms with Gasteiger partial charge in [0.2, 0.25) is 5.91 Å². The molecule has 0 aromatic carbocycles. The quantitative estimate of drug-likeness (QED) is 0.764. The van der Waals surface area contributed by atoms with Crippen LogP contribution in [0.4, 0.5) is 0 Å². The van der Waals surface area contributed by atoms with Gasteiger partial charge < -0.3 is 10.0 Å². The van der Waals surface area contributed by atoms with Crippen molar-refractivity contribution in [1.82, 2.24) is 9.80 Å². The first-order valence-corrected chi connectivity index (χ1v) is 10.3. The summed E-state index contributed by atoms with van der Waals surface area (Å²) < 4.78 is 24.4. The van der Waals surface area contributed by atoms with Crippen molar-refractivity contribution in [2.45, 2.75) is 56.8 Å². The summed E-state index contributed by atoms with van der Waals surface area (Å²) in [5.74, 6) is -0.0742. The topological polar surface area (TPSA) is 77.9 Å². The molecular formula is C16H30N2O4S. The van der Waals surface area contributed by atoms with Gasteiger partial charge in [-0.2, -0.15) is 0 Å². The van der Waals surface area contributed by atoms with Gasteiger partial charge >= 0.3 is 0 Å². The van der Waals surface area contributed by atoms with Gasteiger partial charge in [-0.25, -0.2) is 8.42 Å². The van der Waals surface area contributed by atoms with Crippen molar-refractivity contribution < 1.29 is 18.3 Å². The molecule has 2 aliphatic rings. The highest BCUT2D eigenvalue weighted by Crippen LogP contribution is 2.25. The van der Waals surface area contributed by atoms with Crippen LogP contribution in [0.15, 0.2) is 0 Å². The fraction of sp³-hybridized carbons (Fsp3) is 0.938.